The molecule has 0 aromatic carbocycles. The van der Waals surface area contributed by atoms with Crippen LogP contribution in [0.2, 0.25) is 0 Å². The van der Waals surface area contributed by atoms with Crippen LogP contribution in [0.25, 0.3) is 0 Å². The first-order valence-electron chi connectivity index (χ1n) is 11.4. The van der Waals surface area contributed by atoms with Gasteiger partial charge < -0.3 is 10.2 Å². The number of rotatable bonds is 2. The number of oxime groups is 1. The molecule has 1 N–H and O–H groups in total. The molecule has 5 aliphatic rings. The standard InChI is InChI=1S/C23H34N2O3.ClH/c1-22-8-5-14(25-28-15-7-10-24-13-15)11-19(22)20(26)12-16-17-3-4-21(27)23(17,2)9-6-18(16)22;/h15-19,24H,3-13H2,1-2H3;1H/b25-14+;/t15-,16+,17+,18+,19-,22-,23+;/m1./s1. The number of Topliss-reactive ketones (excluding diaryl/α,β-unsaturated/α-hetero) is 2. The summed E-state index contributed by atoms with van der Waals surface area (Å²) in [5.41, 5.74) is 0.994. The van der Waals surface area contributed by atoms with Crippen LogP contribution in [0.15, 0.2) is 5.16 Å². The van der Waals surface area contributed by atoms with Crippen LogP contribution < -0.4 is 5.32 Å². The molecule has 4 aliphatic carbocycles. The lowest BCUT2D eigenvalue weighted by Gasteiger charge is -2.58. The SMILES string of the molecule is C[C@]12CC/C(=N\O[C@@H]3CCNC3)C[C@@H]1C(=O)C[C@@H]1[C@@H]2CC[C@]2(C)C(=O)CC[C@@H]12.Cl. The average molecular weight is 423 g/mol. The molecule has 29 heavy (non-hydrogen) atoms. The molecule has 7 atom stereocenters. The maximum Gasteiger partial charge on any atom is 0.141 e. The molecule has 0 unspecified atom stereocenters. The second-order valence-corrected chi connectivity index (χ2v) is 10.6. The summed E-state index contributed by atoms with van der Waals surface area (Å²) in [4.78, 5) is 31.6. The first kappa shape index (κ1) is 21.3. The van der Waals surface area contributed by atoms with Gasteiger partial charge in [-0.3, -0.25) is 9.59 Å². The molecule has 1 saturated heterocycles. The van der Waals surface area contributed by atoms with E-state index in [4.69, 9.17) is 4.84 Å². The van der Waals surface area contributed by atoms with Gasteiger partial charge in [-0.1, -0.05) is 19.0 Å². The number of carbonyl (C=O) groups is 2. The zero-order chi connectivity index (χ0) is 19.5. The quantitative estimate of drug-likeness (QED) is 0.684. The van der Waals surface area contributed by atoms with Crippen LogP contribution in [-0.2, 0) is 14.4 Å². The van der Waals surface area contributed by atoms with Gasteiger partial charge in [0.2, 0.25) is 0 Å². The maximum absolute atomic E-state index is 13.3. The summed E-state index contributed by atoms with van der Waals surface area (Å²) in [6.45, 7) is 6.42. The van der Waals surface area contributed by atoms with Crippen molar-refractivity contribution in [2.75, 3.05) is 13.1 Å². The number of carbonyl (C=O) groups excluding carboxylic acids is 2. The van der Waals surface area contributed by atoms with Crippen LogP contribution in [0.3, 0.4) is 0 Å². The van der Waals surface area contributed by atoms with Gasteiger partial charge in [-0.15, -0.1) is 12.4 Å². The normalized spacial score (nSPS) is 47.9. The van der Waals surface area contributed by atoms with Gasteiger partial charge in [0.25, 0.3) is 0 Å². The molecule has 5 fully saturated rings. The van der Waals surface area contributed by atoms with Gasteiger partial charge in [-0.25, -0.2) is 0 Å². The molecule has 1 aliphatic heterocycles. The Morgan fingerprint density at radius 2 is 1.86 bits per heavy atom. The van der Waals surface area contributed by atoms with Crippen molar-refractivity contribution in [1.29, 1.82) is 0 Å². The van der Waals surface area contributed by atoms with Gasteiger partial charge in [0.1, 0.15) is 17.7 Å². The third-order valence-electron chi connectivity index (χ3n) is 9.35. The fourth-order valence-electron chi connectivity index (χ4n) is 7.57. The van der Waals surface area contributed by atoms with Crippen molar-refractivity contribution in [3.05, 3.63) is 0 Å². The predicted octanol–water partition coefficient (Wildman–Crippen LogP) is 3.93. The molecular weight excluding hydrogens is 388 g/mol. The molecule has 5 nitrogen and oxygen atoms in total. The van der Waals surface area contributed by atoms with E-state index in [9.17, 15) is 9.59 Å². The highest BCUT2D eigenvalue weighted by molar-refractivity contribution is 5.93. The Morgan fingerprint density at radius 3 is 2.62 bits per heavy atom. The highest BCUT2D eigenvalue weighted by Gasteiger charge is 2.62. The Labute approximate surface area is 180 Å². The molecule has 0 aromatic rings. The van der Waals surface area contributed by atoms with Crippen LogP contribution >= 0.6 is 12.4 Å². The van der Waals surface area contributed by atoms with E-state index in [0.29, 0.717) is 35.7 Å². The van der Waals surface area contributed by atoms with E-state index in [1.165, 1.54) is 0 Å². The number of halogens is 1. The second-order valence-electron chi connectivity index (χ2n) is 10.6. The molecule has 0 amide bonds. The van der Waals surface area contributed by atoms with Crippen LogP contribution in [0.1, 0.15) is 71.6 Å². The summed E-state index contributed by atoms with van der Waals surface area (Å²) in [5.74, 6) is 2.38. The predicted molar refractivity (Wildman–Crippen MR) is 114 cm³/mol. The van der Waals surface area contributed by atoms with Crippen molar-refractivity contribution in [3.63, 3.8) is 0 Å². The van der Waals surface area contributed by atoms with E-state index in [2.05, 4.69) is 24.3 Å². The highest BCUT2D eigenvalue weighted by atomic mass is 35.5. The molecule has 0 bridgehead atoms. The molecule has 1 heterocycles. The molecule has 6 heteroatoms. The van der Waals surface area contributed by atoms with Gasteiger partial charge in [0.15, 0.2) is 0 Å². The smallest absolute Gasteiger partial charge is 0.141 e. The largest absolute Gasteiger partial charge is 0.391 e. The lowest BCUT2D eigenvalue weighted by atomic mass is 9.45. The number of ketones is 2. The first-order valence-corrected chi connectivity index (χ1v) is 11.4. The zero-order valence-corrected chi connectivity index (χ0v) is 18.6. The molecule has 5 rings (SSSR count). The van der Waals surface area contributed by atoms with Crippen molar-refractivity contribution < 1.29 is 14.4 Å². The fraction of sp³-hybridized carbons (Fsp3) is 0.870. The average Bonchev–Trinajstić information content (AvgIpc) is 3.29. The Balaban J connectivity index is 0.00000205. The maximum atomic E-state index is 13.3. The monoisotopic (exact) mass is 422 g/mol. The van der Waals surface area contributed by atoms with Crippen LogP contribution in [-0.4, -0.2) is 36.5 Å². The summed E-state index contributed by atoms with van der Waals surface area (Å²) in [5, 5.41) is 7.78. The third kappa shape index (κ3) is 3.27. The number of hydrogen-bond acceptors (Lipinski definition) is 5. The van der Waals surface area contributed by atoms with Gasteiger partial charge in [0.05, 0.1) is 5.71 Å². The summed E-state index contributed by atoms with van der Waals surface area (Å²) in [6.07, 6.45) is 8.50. The Kier molecular flexibility index (Phi) is 5.61. The minimum absolute atomic E-state index is 0. The number of nitrogens with one attached hydrogen (secondary N) is 1. The minimum Gasteiger partial charge on any atom is -0.391 e. The van der Waals surface area contributed by atoms with E-state index in [1.807, 2.05) is 0 Å². The van der Waals surface area contributed by atoms with Crippen molar-refractivity contribution in [1.82, 2.24) is 5.32 Å². The summed E-state index contributed by atoms with van der Waals surface area (Å²) < 4.78 is 0. The zero-order valence-electron chi connectivity index (χ0n) is 17.7. The summed E-state index contributed by atoms with van der Waals surface area (Å²) in [6, 6.07) is 0. The lowest BCUT2D eigenvalue weighted by molar-refractivity contribution is -0.152. The first-order chi connectivity index (χ1) is 13.4. The number of fused-ring (bicyclic) bond motifs is 5. The molecule has 0 spiro atoms. The van der Waals surface area contributed by atoms with Crippen LogP contribution in [0.4, 0.5) is 0 Å². The molecule has 162 valence electrons. The molecule has 0 aromatic heterocycles. The second kappa shape index (κ2) is 7.64. The van der Waals surface area contributed by atoms with Crippen molar-refractivity contribution in [2.24, 2.45) is 39.7 Å². The molecule has 4 saturated carbocycles. The van der Waals surface area contributed by atoms with E-state index in [1.54, 1.807) is 0 Å². The van der Waals surface area contributed by atoms with E-state index in [0.717, 1.165) is 70.2 Å². The van der Waals surface area contributed by atoms with Crippen LogP contribution in [0.5, 0.6) is 0 Å². The van der Waals surface area contributed by atoms with E-state index >= 15 is 0 Å². The fourth-order valence-corrected chi connectivity index (χ4v) is 7.57. The highest BCUT2D eigenvalue weighted by Crippen LogP contribution is 2.64. The minimum atomic E-state index is -0.158. The summed E-state index contributed by atoms with van der Waals surface area (Å²) >= 11 is 0. The topological polar surface area (TPSA) is 67.8 Å². The Bertz CT molecular complexity index is 719. The van der Waals surface area contributed by atoms with Crippen molar-refractivity contribution >= 4 is 29.7 Å². The van der Waals surface area contributed by atoms with Crippen molar-refractivity contribution in [3.8, 4) is 0 Å². The third-order valence-corrected chi connectivity index (χ3v) is 9.35. The molecular formula is C23H35ClN2O3. The summed E-state index contributed by atoms with van der Waals surface area (Å²) in [7, 11) is 0. The van der Waals surface area contributed by atoms with Crippen LogP contribution in [0, 0.1) is 34.5 Å². The van der Waals surface area contributed by atoms with Gasteiger partial charge >= 0.3 is 0 Å². The number of hydrogen-bond donors (Lipinski definition) is 1. The van der Waals surface area contributed by atoms with Gasteiger partial charge in [-0.2, -0.15) is 0 Å². The lowest BCUT2D eigenvalue weighted by Crippen LogP contribution is -2.56. The Morgan fingerprint density at radius 1 is 1.03 bits per heavy atom. The van der Waals surface area contributed by atoms with E-state index < -0.39 is 0 Å². The molecule has 0 radical (unpaired) electrons. The van der Waals surface area contributed by atoms with E-state index in [-0.39, 0.29) is 35.3 Å². The number of nitrogens with zero attached hydrogens (tertiary/aromatic N) is 1. The van der Waals surface area contributed by atoms with Crippen molar-refractivity contribution in [2.45, 2.75) is 77.7 Å². The van der Waals surface area contributed by atoms with Gasteiger partial charge in [0, 0.05) is 37.1 Å². The Hall–Kier alpha value is -0.940. The van der Waals surface area contributed by atoms with Gasteiger partial charge in [-0.05, 0) is 68.2 Å².